The minimum Gasteiger partial charge on any atom is -0.480 e. The van der Waals surface area contributed by atoms with Gasteiger partial charge in [0, 0.05) is 30.7 Å². The number of carboxylic acids is 1. The summed E-state index contributed by atoms with van der Waals surface area (Å²) < 4.78 is 0.968. The van der Waals surface area contributed by atoms with Crippen molar-refractivity contribution in [1.82, 2.24) is 9.80 Å². The first kappa shape index (κ1) is 15.5. The molecule has 4 nitrogen and oxygen atoms in total. The number of benzene rings is 1. The van der Waals surface area contributed by atoms with Gasteiger partial charge >= 0.3 is 5.97 Å². The first-order valence-electron chi connectivity index (χ1n) is 6.93. The maximum atomic E-state index is 12.1. The van der Waals surface area contributed by atoms with Crippen LogP contribution in [0.15, 0.2) is 28.7 Å². The molecule has 0 bridgehead atoms. The van der Waals surface area contributed by atoms with E-state index in [2.05, 4.69) is 32.8 Å². The molecule has 1 fully saturated rings. The van der Waals surface area contributed by atoms with Gasteiger partial charge in [-0.3, -0.25) is 4.90 Å². The van der Waals surface area contributed by atoms with Crippen LogP contribution in [0.2, 0.25) is 0 Å². The normalized spacial score (nSPS) is 20.6. The Morgan fingerprint density at radius 3 is 2.25 bits per heavy atom. The van der Waals surface area contributed by atoms with E-state index in [0.717, 1.165) is 36.2 Å². The van der Waals surface area contributed by atoms with Gasteiger partial charge in [0.1, 0.15) is 5.54 Å². The van der Waals surface area contributed by atoms with Crippen LogP contribution in [0.3, 0.4) is 0 Å². The minimum absolute atomic E-state index is 0.563. The van der Waals surface area contributed by atoms with Crippen LogP contribution in [0, 0.1) is 0 Å². The fourth-order valence-corrected chi connectivity index (χ4v) is 3.20. The van der Waals surface area contributed by atoms with E-state index in [-0.39, 0.29) is 0 Å². The first-order chi connectivity index (χ1) is 9.50. The van der Waals surface area contributed by atoms with Crippen LogP contribution in [-0.4, -0.2) is 54.1 Å². The lowest BCUT2D eigenvalue weighted by Gasteiger charge is -2.44. The van der Waals surface area contributed by atoms with E-state index in [9.17, 15) is 9.90 Å². The molecule has 1 aliphatic heterocycles. The van der Waals surface area contributed by atoms with Crippen LogP contribution in [0.4, 0.5) is 0 Å². The highest BCUT2D eigenvalue weighted by molar-refractivity contribution is 9.10. The summed E-state index contributed by atoms with van der Waals surface area (Å²) in [4.78, 5) is 16.4. The average Bonchev–Trinajstić information content (AvgIpc) is 2.43. The summed E-state index contributed by atoms with van der Waals surface area (Å²) in [6.45, 7) is 5.34. The molecule has 0 saturated carbocycles. The molecule has 1 unspecified atom stereocenters. The molecule has 1 aromatic carbocycles. The van der Waals surface area contributed by atoms with Crippen molar-refractivity contribution < 1.29 is 9.90 Å². The van der Waals surface area contributed by atoms with Gasteiger partial charge in [-0.25, -0.2) is 4.79 Å². The number of nitrogens with zero attached hydrogens (tertiary/aromatic N) is 2. The molecule has 1 saturated heterocycles. The van der Waals surface area contributed by atoms with Gasteiger partial charge in [0.05, 0.1) is 0 Å². The Bertz CT molecular complexity index is 469. The summed E-state index contributed by atoms with van der Waals surface area (Å²) >= 11 is 3.41. The lowest BCUT2D eigenvalue weighted by atomic mass is 9.84. The summed E-state index contributed by atoms with van der Waals surface area (Å²) in [5.74, 6) is -0.758. The molecule has 0 spiro atoms. The van der Waals surface area contributed by atoms with Crippen LogP contribution in [-0.2, 0) is 10.3 Å². The van der Waals surface area contributed by atoms with Crippen LogP contribution in [0.1, 0.15) is 18.9 Å². The molecule has 0 amide bonds. The Morgan fingerprint density at radius 2 is 1.80 bits per heavy atom. The zero-order valence-electron chi connectivity index (χ0n) is 12.0. The lowest BCUT2D eigenvalue weighted by Crippen LogP contribution is -2.58. The Labute approximate surface area is 128 Å². The van der Waals surface area contributed by atoms with Crippen molar-refractivity contribution in [3.8, 4) is 0 Å². The Balaban J connectivity index is 2.39. The summed E-state index contributed by atoms with van der Waals surface area (Å²) in [5.41, 5.74) is -0.0534. The van der Waals surface area contributed by atoms with E-state index in [1.54, 1.807) is 0 Å². The average molecular weight is 341 g/mol. The summed E-state index contributed by atoms with van der Waals surface area (Å²) in [6.07, 6.45) is 0.563. The number of halogens is 1. The van der Waals surface area contributed by atoms with Crippen molar-refractivity contribution >= 4 is 21.9 Å². The van der Waals surface area contributed by atoms with Crippen LogP contribution in [0.25, 0.3) is 0 Å². The van der Waals surface area contributed by atoms with Gasteiger partial charge in [-0.1, -0.05) is 35.0 Å². The van der Waals surface area contributed by atoms with Crippen LogP contribution in [0.5, 0.6) is 0 Å². The van der Waals surface area contributed by atoms with Gasteiger partial charge in [0.15, 0.2) is 0 Å². The third kappa shape index (κ3) is 2.75. The SMILES string of the molecule is CCC(C(=O)O)(c1ccc(Br)cc1)N1CCN(C)CC1. The highest BCUT2D eigenvalue weighted by Gasteiger charge is 2.45. The molecule has 1 aromatic rings. The van der Waals surface area contributed by atoms with E-state index in [1.807, 2.05) is 31.2 Å². The fourth-order valence-electron chi connectivity index (χ4n) is 2.93. The molecule has 0 aromatic heterocycles. The number of rotatable bonds is 4. The first-order valence-corrected chi connectivity index (χ1v) is 7.73. The molecule has 2 rings (SSSR count). The second-order valence-electron chi connectivity index (χ2n) is 5.32. The third-order valence-electron chi connectivity index (χ3n) is 4.23. The molecule has 1 aliphatic rings. The van der Waals surface area contributed by atoms with Crippen molar-refractivity contribution in [1.29, 1.82) is 0 Å². The number of carbonyl (C=O) groups is 1. The van der Waals surface area contributed by atoms with Crippen molar-refractivity contribution in [2.45, 2.75) is 18.9 Å². The lowest BCUT2D eigenvalue weighted by molar-refractivity contribution is -0.154. The Hall–Kier alpha value is -0.910. The molecule has 0 aliphatic carbocycles. The Morgan fingerprint density at radius 1 is 1.25 bits per heavy atom. The zero-order valence-corrected chi connectivity index (χ0v) is 13.6. The topological polar surface area (TPSA) is 43.8 Å². The molecular weight excluding hydrogens is 320 g/mol. The summed E-state index contributed by atoms with van der Waals surface area (Å²) in [6, 6.07) is 7.66. The number of hydrogen-bond donors (Lipinski definition) is 1. The van der Waals surface area contributed by atoms with E-state index in [4.69, 9.17) is 0 Å². The highest BCUT2D eigenvalue weighted by Crippen LogP contribution is 2.34. The third-order valence-corrected chi connectivity index (χ3v) is 4.76. The Kier molecular flexibility index (Phi) is 4.83. The number of piperazine rings is 1. The molecule has 1 heterocycles. The second-order valence-corrected chi connectivity index (χ2v) is 6.23. The van der Waals surface area contributed by atoms with Gasteiger partial charge in [0.2, 0.25) is 0 Å². The van der Waals surface area contributed by atoms with Crippen LogP contribution >= 0.6 is 15.9 Å². The molecule has 0 radical (unpaired) electrons. The summed E-state index contributed by atoms with van der Waals surface area (Å²) in [5, 5.41) is 9.90. The zero-order chi connectivity index (χ0) is 14.8. The van der Waals surface area contributed by atoms with E-state index in [1.165, 1.54) is 0 Å². The number of aliphatic carboxylic acids is 1. The van der Waals surface area contributed by atoms with E-state index < -0.39 is 11.5 Å². The molecule has 1 N–H and O–H groups in total. The van der Waals surface area contributed by atoms with Gasteiger partial charge in [-0.2, -0.15) is 0 Å². The van der Waals surface area contributed by atoms with Crippen molar-refractivity contribution in [3.05, 3.63) is 34.3 Å². The predicted molar refractivity (Wildman–Crippen MR) is 82.8 cm³/mol. The number of hydrogen-bond acceptors (Lipinski definition) is 3. The predicted octanol–water partition coefficient (Wildman–Crippen LogP) is 2.39. The van der Waals surface area contributed by atoms with Crippen LogP contribution < -0.4 is 0 Å². The number of carboxylic acid groups (broad SMARTS) is 1. The van der Waals surface area contributed by atoms with Gasteiger partial charge in [-0.15, -0.1) is 0 Å². The van der Waals surface area contributed by atoms with Gasteiger partial charge in [0.25, 0.3) is 0 Å². The molecule has 20 heavy (non-hydrogen) atoms. The molecule has 1 atom stereocenters. The maximum Gasteiger partial charge on any atom is 0.328 e. The van der Waals surface area contributed by atoms with Gasteiger partial charge < -0.3 is 10.0 Å². The van der Waals surface area contributed by atoms with E-state index in [0.29, 0.717) is 6.42 Å². The summed E-state index contributed by atoms with van der Waals surface area (Å²) in [7, 11) is 2.07. The minimum atomic E-state index is -0.915. The van der Waals surface area contributed by atoms with Crippen molar-refractivity contribution in [3.63, 3.8) is 0 Å². The smallest absolute Gasteiger partial charge is 0.328 e. The maximum absolute atomic E-state index is 12.1. The van der Waals surface area contributed by atoms with E-state index >= 15 is 0 Å². The molecule has 110 valence electrons. The standard InChI is InChI=1S/C15H21BrN2O2/c1-3-15(14(19)20,12-4-6-13(16)7-5-12)18-10-8-17(2)9-11-18/h4-7H,3,8-11H2,1-2H3,(H,19,20). The van der Waals surface area contributed by atoms with Gasteiger partial charge in [-0.05, 0) is 31.2 Å². The monoisotopic (exact) mass is 340 g/mol. The fraction of sp³-hybridized carbons (Fsp3) is 0.533. The largest absolute Gasteiger partial charge is 0.480 e. The highest BCUT2D eigenvalue weighted by atomic mass is 79.9. The number of likely N-dealkylation sites (N-methyl/N-ethyl adjacent to an activating group) is 1. The van der Waals surface area contributed by atoms with Crippen molar-refractivity contribution in [2.75, 3.05) is 33.2 Å². The van der Waals surface area contributed by atoms with Crippen molar-refractivity contribution in [2.24, 2.45) is 0 Å². The molecular formula is C15H21BrN2O2. The molecule has 5 heteroatoms. The quantitative estimate of drug-likeness (QED) is 0.913. The second kappa shape index (κ2) is 6.24.